The minimum atomic E-state index is -0.995. The fraction of sp³-hybridized carbons (Fsp3) is 0.348. The predicted octanol–water partition coefficient (Wildman–Crippen LogP) is 2.18. The van der Waals surface area contributed by atoms with Crippen molar-refractivity contribution in [2.45, 2.75) is 31.8 Å². The number of nitrogens with one attached hydrogen (secondary N) is 1. The molecule has 3 amide bonds. The number of hydrogen-bond donors (Lipinski definition) is 2. The van der Waals surface area contributed by atoms with Crippen molar-refractivity contribution in [2.24, 2.45) is 11.7 Å². The molecule has 2 aromatic carbocycles. The van der Waals surface area contributed by atoms with Gasteiger partial charge in [-0.05, 0) is 49.2 Å². The lowest BCUT2D eigenvalue weighted by Crippen LogP contribution is -2.39. The van der Waals surface area contributed by atoms with Crippen LogP contribution in [-0.2, 0) is 20.9 Å². The van der Waals surface area contributed by atoms with Crippen LogP contribution in [0.15, 0.2) is 42.5 Å². The quantitative estimate of drug-likeness (QED) is 0.471. The highest BCUT2D eigenvalue weighted by Gasteiger charge is 2.36. The second-order valence-corrected chi connectivity index (χ2v) is 8.52. The van der Waals surface area contributed by atoms with E-state index < -0.39 is 22.3 Å². The normalized spacial score (nSPS) is 20.5. The molecule has 4 rings (SSSR count). The van der Waals surface area contributed by atoms with Crippen molar-refractivity contribution in [3.8, 4) is 0 Å². The molecule has 2 atom stereocenters. The average molecular weight is 469 g/mol. The smallest absolute Gasteiger partial charge is 0.306 e. The Hall–Kier alpha value is -3.86. The second kappa shape index (κ2) is 9.56. The molecule has 0 saturated carbocycles. The zero-order valence-electron chi connectivity index (χ0n) is 18.3. The summed E-state index contributed by atoms with van der Waals surface area (Å²) in [5.74, 6) is -2.74. The number of rotatable bonds is 7. The molecule has 0 aromatic heterocycles. The van der Waals surface area contributed by atoms with Gasteiger partial charge >= 0.3 is 5.69 Å². The van der Waals surface area contributed by atoms with Crippen LogP contribution in [0.25, 0.3) is 0 Å². The third kappa shape index (κ3) is 4.88. The molecule has 10 nitrogen and oxygen atoms in total. The van der Waals surface area contributed by atoms with E-state index in [1.807, 2.05) is 17.0 Å². The van der Waals surface area contributed by atoms with Crippen LogP contribution >= 0.6 is 0 Å². The lowest BCUT2D eigenvalue weighted by atomic mass is 10.1. The summed E-state index contributed by atoms with van der Waals surface area (Å²) in [5.41, 5.74) is 6.39. The van der Waals surface area contributed by atoms with Gasteiger partial charge in [0, 0.05) is 31.3 Å². The highest BCUT2D eigenvalue weighted by molar-refractivity contribution is 6.03. The number of likely N-dealkylation sites (tertiary alicyclic amines) is 1. The Balaban J connectivity index is 1.41. The van der Waals surface area contributed by atoms with E-state index in [0.29, 0.717) is 12.2 Å². The Kier molecular flexibility index (Phi) is 6.55. The standard InChI is InChI=1S/C23H24FN5O5/c24-18-7-6-17(11-20(18)29(33)34)28-13-15(10-21(28)30)23(32)26-16-4-1-3-14(9-16)12-27-8-2-5-19(27)22(25)31/h1,3-4,6-7,9,11,15,19H,2,5,8,10,12-13H2,(H2,25,31)(H,26,32). The summed E-state index contributed by atoms with van der Waals surface area (Å²) in [6.07, 6.45) is 1.56. The van der Waals surface area contributed by atoms with Crippen molar-refractivity contribution < 1.29 is 23.7 Å². The van der Waals surface area contributed by atoms with E-state index in [4.69, 9.17) is 5.73 Å². The Bertz CT molecular complexity index is 1160. The van der Waals surface area contributed by atoms with E-state index in [2.05, 4.69) is 5.32 Å². The van der Waals surface area contributed by atoms with Gasteiger partial charge in [0.25, 0.3) is 0 Å². The molecule has 2 aliphatic heterocycles. The SMILES string of the molecule is NC(=O)C1CCCN1Cc1cccc(NC(=O)C2CC(=O)N(c3ccc(F)c([N+](=O)[O-])c3)C2)c1. The van der Waals surface area contributed by atoms with Crippen LogP contribution in [0.4, 0.5) is 21.5 Å². The lowest BCUT2D eigenvalue weighted by molar-refractivity contribution is -0.387. The molecule has 178 valence electrons. The molecule has 2 heterocycles. The zero-order valence-corrected chi connectivity index (χ0v) is 18.3. The fourth-order valence-corrected chi connectivity index (χ4v) is 4.51. The van der Waals surface area contributed by atoms with Crippen LogP contribution < -0.4 is 16.0 Å². The molecule has 3 N–H and O–H groups in total. The van der Waals surface area contributed by atoms with Crippen LogP contribution in [0.5, 0.6) is 0 Å². The minimum Gasteiger partial charge on any atom is -0.368 e. The van der Waals surface area contributed by atoms with Gasteiger partial charge in [0.1, 0.15) is 0 Å². The molecule has 2 fully saturated rings. The number of nitrogens with zero attached hydrogens (tertiary/aromatic N) is 3. The molecular weight excluding hydrogens is 445 g/mol. The number of nitro groups is 1. The number of primary amides is 1. The van der Waals surface area contributed by atoms with Crippen LogP contribution in [0.3, 0.4) is 0 Å². The number of nitro benzene ring substituents is 1. The maximum absolute atomic E-state index is 13.6. The summed E-state index contributed by atoms with van der Waals surface area (Å²) in [7, 11) is 0. The van der Waals surface area contributed by atoms with Crippen molar-refractivity contribution >= 4 is 34.8 Å². The van der Waals surface area contributed by atoms with Gasteiger partial charge in [-0.3, -0.25) is 29.4 Å². The number of amides is 3. The maximum atomic E-state index is 13.6. The van der Waals surface area contributed by atoms with Crippen molar-refractivity contribution in [3.05, 3.63) is 64.0 Å². The molecular formula is C23H24FN5O5. The first-order valence-corrected chi connectivity index (χ1v) is 10.9. The summed E-state index contributed by atoms with van der Waals surface area (Å²) in [4.78, 5) is 50.4. The van der Waals surface area contributed by atoms with Gasteiger partial charge in [0.15, 0.2) is 0 Å². The molecule has 34 heavy (non-hydrogen) atoms. The Morgan fingerprint density at radius 2 is 2.03 bits per heavy atom. The summed E-state index contributed by atoms with van der Waals surface area (Å²) < 4.78 is 13.6. The average Bonchev–Trinajstić information content (AvgIpc) is 3.41. The molecule has 2 aliphatic rings. The number of halogens is 1. The Morgan fingerprint density at radius 1 is 1.24 bits per heavy atom. The van der Waals surface area contributed by atoms with E-state index in [0.717, 1.165) is 37.1 Å². The third-order valence-corrected chi connectivity index (χ3v) is 6.21. The molecule has 0 spiro atoms. The highest BCUT2D eigenvalue weighted by Crippen LogP contribution is 2.30. The van der Waals surface area contributed by atoms with Gasteiger partial charge in [-0.15, -0.1) is 0 Å². The summed E-state index contributed by atoms with van der Waals surface area (Å²) in [5, 5.41) is 13.8. The Labute approximate surface area is 194 Å². The summed E-state index contributed by atoms with van der Waals surface area (Å²) in [6, 6.07) is 10.1. The molecule has 0 radical (unpaired) electrons. The maximum Gasteiger partial charge on any atom is 0.306 e. The van der Waals surface area contributed by atoms with Crippen molar-refractivity contribution in [1.29, 1.82) is 0 Å². The Morgan fingerprint density at radius 3 is 2.76 bits per heavy atom. The molecule has 2 unspecified atom stereocenters. The van der Waals surface area contributed by atoms with Gasteiger partial charge < -0.3 is 16.0 Å². The number of carbonyl (C=O) groups is 3. The molecule has 2 saturated heterocycles. The third-order valence-electron chi connectivity index (χ3n) is 6.21. The summed E-state index contributed by atoms with van der Waals surface area (Å²) in [6.45, 7) is 1.32. The molecule has 0 bridgehead atoms. The van der Waals surface area contributed by atoms with Crippen LogP contribution in [0, 0.1) is 21.8 Å². The van der Waals surface area contributed by atoms with Gasteiger partial charge in [0.05, 0.1) is 22.6 Å². The van der Waals surface area contributed by atoms with E-state index >= 15 is 0 Å². The van der Waals surface area contributed by atoms with Gasteiger partial charge in [-0.2, -0.15) is 4.39 Å². The van der Waals surface area contributed by atoms with Crippen molar-refractivity contribution in [3.63, 3.8) is 0 Å². The topological polar surface area (TPSA) is 139 Å². The van der Waals surface area contributed by atoms with E-state index in [9.17, 15) is 28.9 Å². The monoisotopic (exact) mass is 469 g/mol. The zero-order chi connectivity index (χ0) is 24.4. The molecule has 11 heteroatoms. The molecule has 2 aromatic rings. The van der Waals surface area contributed by atoms with Crippen LogP contribution in [-0.4, -0.2) is 46.7 Å². The van der Waals surface area contributed by atoms with Crippen LogP contribution in [0.1, 0.15) is 24.8 Å². The van der Waals surface area contributed by atoms with E-state index in [-0.39, 0.29) is 42.4 Å². The predicted molar refractivity (Wildman–Crippen MR) is 121 cm³/mol. The van der Waals surface area contributed by atoms with E-state index in [1.54, 1.807) is 12.1 Å². The summed E-state index contributed by atoms with van der Waals surface area (Å²) >= 11 is 0. The fourth-order valence-electron chi connectivity index (χ4n) is 4.51. The first-order chi connectivity index (χ1) is 16.2. The number of nitrogens with two attached hydrogens (primary N) is 1. The number of benzene rings is 2. The number of anilines is 2. The van der Waals surface area contributed by atoms with Crippen molar-refractivity contribution in [1.82, 2.24) is 4.90 Å². The van der Waals surface area contributed by atoms with Gasteiger partial charge in [-0.25, -0.2) is 0 Å². The largest absolute Gasteiger partial charge is 0.368 e. The lowest BCUT2D eigenvalue weighted by Gasteiger charge is -2.22. The van der Waals surface area contributed by atoms with Crippen molar-refractivity contribution in [2.75, 3.05) is 23.3 Å². The van der Waals surface area contributed by atoms with Gasteiger partial charge in [0.2, 0.25) is 23.5 Å². The first-order valence-electron chi connectivity index (χ1n) is 10.9. The first kappa shape index (κ1) is 23.3. The number of carbonyl (C=O) groups excluding carboxylic acids is 3. The van der Waals surface area contributed by atoms with Crippen LogP contribution in [0.2, 0.25) is 0 Å². The van der Waals surface area contributed by atoms with E-state index in [1.165, 1.54) is 11.0 Å². The number of hydrogen-bond acceptors (Lipinski definition) is 6. The minimum absolute atomic E-state index is 0.0290. The van der Waals surface area contributed by atoms with Gasteiger partial charge in [-0.1, -0.05) is 12.1 Å². The highest BCUT2D eigenvalue weighted by atomic mass is 19.1. The molecule has 0 aliphatic carbocycles. The second-order valence-electron chi connectivity index (χ2n) is 8.52.